The Labute approximate surface area is 157 Å². The Balaban J connectivity index is 2.21. The van der Waals surface area contributed by atoms with Gasteiger partial charge in [0.2, 0.25) is 0 Å². The summed E-state index contributed by atoms with van der Waals surface area (Å²) in [7, 11) is 0. The zero-order valence-corrected chi connectivity index (χ0v) is 15.3. The Morgan fingerprint density at radius 2 is 1.81 bits per heavy atom. The summed E-state index contributed by atoms with van der Waals surface area (Å²) in [6.07, 6.45) is -0.727. The van der Waals surface area contributed by atoms with Gasteiger partial charge in [-0.2, -0.15) is 8.78 Å². The molecule has 5 nitrogen and oxygen atoms in total. The van der Waals surface area contributed by atoms with Crippen molar-refractivity contribution >= 4 is 5.91 Å². The lowest BCUT2D eigenvalue weighted by atomic mass is 10.1. The summed E-state index contributed by atoms with van der Waals surface area (Å²) >= 11 is 0. The fourth-order valence-electron chi connectivity index (χ4n) is 2.64. The molecule has 0 bridgehead atoms. The van der Waals surface area contributed by atoms with E-state index in [1.807, 2.05) is 31.2 Å². The molecule has 0 saturated heterocycles. The molecule has 2 rings (SSSR count). The van der Waals surface area contributed by atoms with E-state index in [0.717, 1.165) is 5.56 Å². The summed E-state index contributed by atoms with van der Waals surface area (Å²) in [6.45, 7) is 1.40. The molecule has 0 heterocycles. The molecule has 0 aromatic heterocycles. The number of nitrogens with zero attached hydrogens (tertiary/aromatic N) is 1. The van der Waals surface area contributed by atoms with Crippen LogP contribution in [-0.4, -0.2) is 41.8 Å². The molecule has 27 heavy (non-hydrogen) atoms. The summed E-state index contributed by atoms with van der Waals surface area (Å²) in [5.74, 6) is 0.320. The zero-order valence-electron chi connectivity index (χ0n) is 15.3. The predicted octanol–water partition coefficient (Wildman–Crippen LogP) is 3.71. The van der Waals surface area contributed by atoms with Gasteiger partial charge >= 0.3 is 6.61 Å². The minimum absolute atomic E-state index is 0.0229. The second-order valence-corrected chi connectivity index (χ2v) is 5.98. The van der Waals surface area contributed by atoms with E-state index in [1.54, 1.807) is 6.92 Å². The molecule has 2 aromatic rings. The van der Waals surface area contributed by atoms with Crippen LogP contribution in [0.5, 0.6) is 11.5 Å². The van der Waals surface area contributed by atoms with Crippen LogP contribution in [0.1, 0.15) is 29.8 Å². The fraction of sp³-hybridized carbons (Fsp3) is 0.350. The highest BCUT2D eigenvalue weighted by atomic mass is 19.3. The average molecular weight is 379 g/mol. The third-order valence-corrected chi connectivity index (χ3v) is 3.73. The molecule has 146 valence electrons. The van der Waals surface area contributed by atoms with Crippen LogP contribution in [0.2, 0.25) is 0 Å². The number of hydrogen-bond acceptors (Lipinski definition) is 4. The van der Waals surface area contributed by atoms with E-state index in [1.165, 1.54) is 29.2 Å². The number of hydrogen-bond donors (Lipinski definition) is 1. The first-order chi connectivity index (χ1) is 12.9. The van der Waals surface area contributed by atoms with Gasteiger partial charge in [0, 0.05) is 24.2 Å². The molecule has 0 fully saturated rings. The molecule has 2 aromatic carbocycles. The Kier molecular flexibility index (Phi) is 7.55. The van der Waals surface area contributed by atoms with Crippen LogP contribution in [0, 0.1) is 0 Å². The summed E-state index contributed by atoms with van der Waals surface area (Å²) in [5, 5.41) is 9.78. The van der Waals surface area contributed by atoms with Crippen LogP contribution in [0.25, 0.3) is 0 Å². The standard InChI is InChI=1S/C20H23F2NO4/c1-3-26-18-7-5-4-6-16(18)13-23(12-14(2)24)19(25)15-8-10-17(11-9-15)27-20(21)22/h4-11,14,20,24H,3,12-13H2,1-2H3/t14-/m0/s1. The van der Waals surface area contributed by atoms with Gasteiger partial charge in [0.25, 0.3) is 5.91 Å². The molecule has 0 aliphatic rings. The van der Waals surface area contributed by atoms with Crippen LogP contribution >= 0.6 is 0 Å². The van der Waals surface area contributed by atoms with Gasteiger partial charge in [-0.3, -0.25) is 4.79 Å². The van der Waals surface area contributed by atoms with E-state index in [2.05, 4.69) is 4.74 Å². The maximum Gasteiger partial charge on any atom is 0.387 e. The largest absolute Gasteiger partial charge is 0.494 e. The highest BCUT2D eigenvalue weighted by Crippen LogP contribution is 2.22. The van der Waals surface area contributed by atoms with Crippen molar-refractivity contribution in [1.29, 1.82) is 0 Å². The molecule has 0 spiro atoms. The molecule has 1 atom stereocenters. The van der Waals surface area contributed by atoms with Crippen molar-refractivity contribution in [2.75, 3.05) is 13.2 Å². The molecular weight excluding hydrogens is 356 g/mol. The Hall–Kier alpha value is -2.67. The van der Waals surface area contributed by atoms with Crippen molar-refractivity contribution in [2.24, 2.45) is 0 Å². The monoisotopic (exact) mass is 379 g/mol. The second kappa shape index (κ2) is 9.87. The average Bonchev–Trinajstić information content (AvgIpc) is 2.62. The van der Waals surface area contributed by atoms with E-state index in [-0.39, 0.29) is 24.7 Å². The number of carbonyl (C=O) groups is 1. The van der Waals surface area contributed by atoms with E-state index in [9.17, 15) is 18.7 Å². The first kappa shape index (κ1) is 20.6. The number of benzene rings is 2. The maximum absolute atomic E-state index is 12.9. The molecule has 1 N–H and O–H groups in total. The molecule has 0 aliphatic heterocycles. The smallest absolute Gasteiger partial charge is 0.387 e. The van der Waals surface area contributed by atoms with Crippen LogP contribution < -0.4 is 9.47 Å². The molecule has 7 heteroatoms. The van der Waals surface area contributed by atoms with Crippen molar-refractivity contribution < 1.29 is 28.2 Å². The highest BCUT2D eigenvalue weighted by molar-refractivity contribution is 5.94. The van der Waals surface area contributed by atoms with Crippen molar-refractivity contribution in [3.8, 4) is 11.5 Å². The fourth-order valence-corrected chi connectivity index (χ4v) is 2.64. The number of rotatable bonds is 9. The third kappa shape index (κ3) is 6.21. The molecule has 0 aliphatic carbocycles. The summed E-state index contributed by atoms with van der Waals surface area (Å²) in [5.41, 5.74) is 1.12. The third-order valence-electron chi connectivity index (χ3n) is 3.73. The molecule has 1 amide bonds. The molecule has 0 unspecified atom stereocenters. The van der Waals surface area contributed by atoms with E-state index < -0.39 is 12.7 Å². The predicted molar refractivity (Wildman–Crippen MR) is 97.1 cm³/mol. The van der Waals surface area contributed by atoms with Gasteiger partial charge < -0.3 is 19.5 Å². The second-order valence-electron chi connectivity index (χ2n) is 5.98. The van der Waals surface area contributed by atoms with E-state index in [0.29, 0.717) is 17.9 Å². The maximum atomic E-state index is 12.9. The number of ether oxygens (including phenoxy) is 2. The minimum atomic E-state index is -2.92. The first-order valence-corrected chi connectivity index (χ1v) is 8.63. The quantitative estimate of drug-likeness (QED) is 0.722. The number of aliphatic hydroxyl groups is 1. The molecule has 0 saturated carbocycles. The lowest BCUT2D eigenvalue weighted by molar-refractivity contribution is -0.0498. The van der Waals surface area contributed by atoms with Gasteiger partial charge in [-0.1, -0.05) is 18.2 Å². The van der Waals surface area contributed by atoms with Crippen molar-refractivity contribution in [3.05, 3.63) is 59.7 Å². The highest BCUT2D eigenvalue weighted by Gasteiger charge is 2.20. The topological polar surface area (TPSA) is 59.0 Å². The SMILES string of the molecule is CCOc1ccccc1CN(C[C@H](C)O)C(=O)c1ccc(OC(F)F)cc1. The van der Waals surface area contributed by atoms with Gasteiger partial charge in [0.15, 0.2) is 0 Å². The summed E-state index contributed by atoms with van der Waals surface area (Å²) < 4.78 is 34.4. The first-order valence-electron chi connectivity index (χ1n) is 8.63. The number of halogens is 2. The van der Waals surface area contributed by atoms with Crippen LogP contribution in [0.3, 0.4) is 0 Å². The lowest BCUT2D eigenvalue weighted by Crippen LogP contribution is -2.36. The molecule has 0 radical (unpaired) electrons. The normalized spacial score (nSPS) is 11.9. The number of aliphatic hydroxyl groups excluding tert-OH is 1. The van der Waals surface area contributed by atoms with Gasteiger partial charge in [-0.05, 0) is 44.2 Å². The van der Waals surface area contributed by atoms with Gasteiger partial charge in [-0.25, -0.2) is 0 Å². The summed E-state index contributed by atoms with van der Waals surface area (Å²) in [6, 6.07) is 12.8. The van der Waals surface area contributed by atoms with Crippen molar-refractivity contribution in [3.63, 3.8) is 0 Å². The number of carbonyl (C=O) groups excluding carboxylic acids is 1. The van der Waals surface area contributed by atoms with Gasteiger partial charge in [-0.15, -0.1) is 0 Å². The van der Waals surface area contributed by atoms with Crippen molar-refractivity contribution in [1.82, 2.24) is 4.90 Å². The van der Waals surface area contributed by atoms with E-state index in [4.69, 9.17) is 4.74 Å². The number of alkyl halides is 2. The zero-order chi connectivity index (χ0) is 19.8. The molecular formula is C20H23F2NO4. The van der Waals surface area contributed by atoms with Crippen LogP contribution in [-0.2, 0) is 6.54 Å². The van der Waals surface area contributed by atoms with Gasteiger partial charge in [0.1, 0.15) is 11.5 Å². The lowest BCUT2D eigenvalue weighted by Gasteiger charge is -2.25. The van der Waals surface area contributed by atoms with Crippen molar-refractivity contribution in [2.45, 2.75) is 33.1 Å². The summed E-state index contributed by atoms with van der Waals surface area (Å²) in [4.78, 5) is 14.4. The number of amides is 1. The van der Waals surface area contributed by atoms with Crippen LogP contribution in [0.4, 0.5) is 8.78 Å². The minimum Gasteiger partial charge on any atom is -0.494 e. The Morgan fingerprint density at radius 1 is 1.15 bits per heavy atom. The van der Waals surface area contributed by atoms with Crippen LogP contribution in [0.15, 0.2) is 48.5 Å². The van der Waals surface area contributed by atoms with E-state index >= 15 is 0 Å². The number of para-hydroxylation sites is 1. The van der Waals surface area contributed by atoms with Gasteiger partial charge in [0.05, 0.1) is 12.7 Å². The Bertz CT molecular complexity index is 735. The Morgan fingerprint density at radius 3 is 2.41 bits per heavy atom.